The van der Waals surface area contributed by atoms with Crippen molar-refractivity contribution in [1.29, 1.82) is 0 Å². The summed E-state index contributed by atoms with van der Waals surface area (Å²) in [5, 5.41) is 7.02. The maximum atomic E-state index is 6.14. The van der Waals surface area contributed by atoms with Gasteiger partial charge >= 0.3 is 0 Å². The van der Waals surface area contributed by atoms with Gasteiger partial charge in [-0.2, -0.15) is 0 Å². The van der Waals surface area contributed by atoms with Crippen LogP contribution in [0.5, 0.6) is 0 Å². The van der Waals surface area contributed by atoms with Crippen molar-refractivity contribution in [2.75, 3.05) is 26.7 Å². The third-order valence-electron chi connectivity index (χ3n) is 4.98. The van der Waals surface area contributed by atoms with Crippen molar-refractivity contribution in [3.8, 4) is 0 Å². The molecule has 1 rings (SSSR count). The van der Waals surface area contributed by atoms with E-state index in [0.717, 1.165) is 37.3 Å². The van der Waals surface area contributed by atoms with Gasteiger partial charge in [-0.25, -0.2) is 0 Å². The molecule has 26 heavy (non-hydrogen) atoms. The van der Waals surface area contributed by atoms with Crippen LogP contribution in [0.25, 0.3) is 0 Å². The summed E-state index contributed by atoms with van der Waals surface area (Å²) < 4.78 is 0. The molecule has 0 spiro atoms. The summed E-state index contributed by atoms with van der Waals surface area (Å²) in [6, 6.07) is 0.452. The molecular formula is C21H39N5. The number of nitrogens with one attached hydrogen (secondary N) is 2. The molecule has 6 N–H and O–H groups in total. The van der Waals surface area contributed by atoms with E-state index in [1.54, 1.807) is 0 Å². The van der Waals surface area contributed by atoms with Crippen molar-refractivity contribution in [2.24, 2.45) is 11.5 Å². The SMILES string of the molecule is CCC(CC)NC1=CC(N)NC(C)=C1/C=C(C)/C(=C/CN)CN(C)CC. The topological polar surface area (TPSA) is 79.3 Å². The molecule has 1 aliphatic rings. The molecule has 5 nitrogen and oxygen atoms in total. The number of hydrogen-bond donors (Lipinski definition) is 4. The fourth-order valence-corrected chi connectivity index (χ4v) is 3.07. The van der Waals surface area contributed by atoms with Gasteiger partial charge in [0.05, 0.1) is 6.17 Å². The quantitative estimate of drug-likeness (QED) is 0.450. The molecule has 0 fully saturated rings. The summed E-state index contributed by atoms with van der Waals surface area (Å²) in [6.07, 6.45) is 8.47. The summed E-state index contributed by atoms with van der Waals surface area (Å²) in [6.45, 7) is 13.3. The Morgan fingerprint density at radius 2 is 2.00 bits per heavy atom. The molecule has 0 bridgehead atoms. The Hall–Kier alpha value is -1.56. The van der Waals surface area contributed by atoms with Crippen LogP contribution in [0.15, 0.2) is 46.3 Å². The minimum absolute atomic E-state index is 0.158. The first kappa shape index (κ1) is 22.5. The average Bonchev–Trinajstić information content (AvgIpc) is 2.61. The fraction of sp³-hybridized carbons (Fsp3) is 0.619. The summed E-state index contributed by atoms with van der Waals surface area (Å²) >= 11 is 0. The molecule has 1 aliphatic heterocycles. The minimum Gasteiger partial charge on any atom is -0.382 e. The lowest BCUT2D eigenvalue weighted by Crippen LogP contribution is -2.41. The van der Waals surface area contributed by atoms with Gasteiger partial charge in [-0.3, -0.25) is 0 Å². The van der Waals surface area contributed by atoms with Crippen LogP contribution in [-0.2, 0) is 0 Å². The Morgan fingerprint density at radius 3 is 2.54 bits per heavy atom. The van der Waals surface area contributed by atoms with Gasteiger partial charge in [-0.1, -0.05) is 26.8 Å². The molecular weight excluding hydrogens is 322 g/mol. The van der Waals surface area contributed by atoms with Crippen molar-refractivity contribution >= 4 is 0 Å². The monoisotopic (exact) mass is 361 g/mol. The first-order valence-corrected chi connectivity index (χ1v) is 9.84. The van der Waals surface area contributed by atoms with Gasteiger partial charge in [0, 0.05) is 36.1 Å². The molecule has 0 radical (unpaired) electrons. The third-order valence-corrected chi connectivity index (χ3v) is 4.98. The van der Waals surface area contributed by atoms with Gasteiger partial charge in [-0.05, 0) is 63.6 Å². The predicted molar refractivity (Wildman–Crippen MR) is 113 cm³/mol. The van der Waals surface area contributed by atoms with E-state index in [9.17, 15) is 0 Å². The Bertz CT molecular complexity index is 567. The highest BCUT2D eigenvalue weighted by Gasteiger charge is 2.18. The highest BCUT2D eigenvalue weighted by atomic mass is 15.1. The first-order chi connectivity index (χ1) is 12.4. The fourth-order valence-electron chi connectivity index (χ4n) is 3.07. The zero-order chi connectivity index (χ0) is 19.7. The number of likely N-dealkylation sites (N-methyl/N-ethyl adjacent to an activating group) is 1. The molecule has 5 heteroatoms. The Kier molecular flexibility index (Phi) is 9.70. The lowest BCUT2D eigenvalue weighted by atomic mass is 9.97. The maximum absolute atomic E-state index is 6.14. The predicted octanol–water partition coefficient (Wildman–Crippen LogP) is 2.59. The number of rotatable bonds is 10. The van der Waals surface area contributed by atoms with Gasteiger partial charge in [-0.15, -0.1) is 0 Å². The third kappa shape index (κ3) is 6.63. The highest BCUT2D eigenvalue weighted by Crippen LogP contribution is 2.23. The summed E-state index contributed by atoms with van der Waals surface area (Å²) in [4.78, 5) is 2.29. The smallest absolute Gasteiger partial charge is 0.0956 e. The van der Waals surface area contributed by atoms with Crippen molar-refractivity contribution in [1.82, 2.24) is 15.5 Å². The van der Waals surface area contributed by atoms with Gasteiger partial charge in [0.25, 0.3) is 0 Å². The van der Waals surface area contributed by atoms with E-state index in [1.165, 1.54) is 16.7 Å². The number of nitrogens with two attached hydrogens (primary N) is 2. The van der Waals surface area contributed by atoms with Crippen LogP contribution in [0, 0.1) is 0 Å². The molecule has 1 atom stereocenters. The molecule has 0 saturated heterocycles. The highest BCUT2D eigenvalue weighted by molar-refractivity contribution is 5.49. The number of nitrogens with zero attached hydrogens (tertiary/aromatic N) is 1. The molecule has 0 saturated carbocycles. The van der Waals surface area contributed by atoms with Gasteiger partial charge in [0.2, 0.25) is 0 Å². The van der Waals surface area contributed by atoms with Crippen LogP contribution in [0.1, 0.15) is 47.5 Å². The van der Waals surface area contributed by atoms with Crippen LogP contribution in [0.2, 0.25) is 0 Å². The minimum atomic E-state index is -0.158. The standard InChI is InChI=1S/C21H39N5/c1-7-18(8-2)25-20-13-21(23)24-16(5)19(20)12-15(4)17(10-11-22)14-26(6)9-3/h10,12-13,18,21,24-25H,7-9,11,14,22-23H2,1-6H3/b15-12+,17-10+. The van der Waals surface area contributed by atoms with E-state index in [1.807, 2.05) is 0 Å². The molecule has 0 amide bonds. The van der Waals surface area contributed by atoms with Gasteiger partial charge in [0.15, 0.2) is 0 Å². The summed E-state index contributed by atoms with van der Waals surface area (Å²) in [7, 11) is 2.13. The molecule has 1 heterocycles. The Morgan fingerprint density at radius 1 is 1.35 bits per heavy atom. The van der Waals surface area contributed by atoms with E-state index < -0.39 is 0 Å². The van der Waals surface area contributed by atoms with Crippen LogP contribution in [0.3, 0.4) is 0 Å². The summed E-state index contributed by atoms with van der Waals surface area (Å²) in [5.41, 5.74) is 17.9. The van der Waals surface area contributed by atoms with Crippen molar-refractivity contribution in [2.45, 2.75) is 59.7 Å². The van der Waals surface area contributed by atoms with E-state index in [-0.39, 0.29) is 6.17 Å². The lowest BCUT2D eigenvalue weighted by molar-refractivity contribution is 0.384. The van der Waals surface area contributed by atoms with Crippen LogP contribution >= 0.6 is 0 Å². The normalized spacial score (nSPS) is 19.2. The molecule has 0 aliphatic carbocycles. The Labute approximate surface area is 160 Å². The second kappa shape index (κ2) is 11.2. The molecule has 1 unspecified atom stereocenters. The molecule has 0 aromatic heterocycles. The van der Waals surface area contributed by atoms with Gasteiger partial charge < -0.3 is 27.0 Å². The molecule has 0 aromatic carbocycles. The van der Waals surface area contributed by atoms with Crippen LogP contribution in [-0.4, -0.2) is 43.8 Å². The van der Waals surface area contributed by atoms with Crippen LogP contribution < -0.4 is 22.1 Å². The van der Waals surface area contributed by atoms with Crippen molar-refractivity contribution < 1.29 is 0 Å². The molecule has 0 aromatic rings. The lowest BCUT2D eigenvalue weighted by Gasteiger charge is -2.28. The van der Waals surface area contributed by atoms with Crippen LogP contribution in [0.4, 0.5) is 0 Å². The average molecular weight is 362 g/mol. The van der Waals surface area contributed by atoms with Gasteiger partial charge in [0.1, 0.15) is 0 Å². The zero-order valence-electron chi connectivity index (χ0n) is 17.5. The second-order valence-corrected chi connectivity index (χ2v) is 7.07. The number of allylic oxidation sites excluding steroid dienone is 2. The number of hydrogen-bond acceptors (Lipinski definition) is 5. The largest absolute Gasteiger partial charge is 0.382 e. The van der Waals surface area contributed by atoms with Crippen molar-refractivity contribution in [3.05, 3.63) is 46.3 Å². The first-order valence-electron chi connectivity index (χ1n) is 9.84. The second-order valence-electron chi connectivity index (χ2n) is 7.07. The van der Waals surface area contributed by atoms with E-state index in [4.69, 9.17) is 11.5 Å². The number of dihydropyridines is 1. The van der Waals surface area contributed by atoms with E-state index in [2.05, 4.69) is 75.4 Å². The summed E-state index contributed by atoms with van der Waals surface area (Å²) in [5.74, 6) is 0. The Balaban J connectivity index is 3.17. The molecule has 148 valence electrons. The maximum Gasteiger partial charge on any atom is 0.0956 e. The van der Waals surface area contributed by atoms with Crippen molar-refractivity contribution in [3.63, 3.8) is 0 Å². The zero-order valence-corrected chi connectivity index (χ0v) is 17.5. The van der Waals surface area contributed by atoms with E-state index in [0.29, 0.717) is 12.6 Å². The van der Waals surface area contributed by atoms with E-state index >= 15 is 0 Å².